The Kier molecular flexibility index (Phi) is 5.86. The highest BCUT2D eigenvalue weighted by atomic mass is 16.5. The van der Waals surface area contributed by atoms with E-state index in [9.17, 15) is 0 Å². The predicted octanol–water partition coefficient (Wildman–Crippen LogP) is 4.38. The van der Waals surface area contributed by atoms with Gasteiger partial charge in [0.1, 0.15) is 11.5 Å². The topological polar surface area (TPSA) is 58.8 Å². The fourth-order valence-electron chi connectivity index (χ4n) is 4.85. The molecule has 0 spiro atoms. The van der Waals surface area contributed by atoms with Crippen LogP contribution in [-0.2, 0) is 4.74 Å². The molecule has 0 bridgehead atoms. The van der Waals surface area contributed by atoms with E-state index in [-0.39, 0.29) is 0 Å². The molecule has 7 heteroatoms. The van der Waals surface area contributed by atoms with Gasteiger partial charge >= 0.3 is 0 Å². The maximum atomic E-state index is 5.20. The number of nitrogens with zero attached hydrogens (tertiary/aromatic N) is 6. The first kappa shape index (κ1) is 21.7. The number of benzene rings is 1. The molecule has 1 aliphatic heterocycles. The summed E-state index contributed by atoms with van der Waals surface area (Å²) in [5.74, 6) is 1.04. The van der Waals surface area contributed by atoms with Crippen LogP contribution in [0.3, 0.4) is 0 Å². The zero-order chi connectivity index (χ0) is 23.6. The minimum atomic E-state index is 0.786. The summed E-state index contributed by atoms with van der Waals surface area (Å²) >= 11 is 0. The third-order valence-corrected chi connectivity index (χ3v) is 6.82. The molecule has 1 saturated heterocycles. The van der Waals surface area contributed by atoms with Crippen molar-refractivity contribution in [1.82, 2.24) is 24.3 Å². The van der Waals surface area contributed by atoms with Crippen molar-refractivity contribution in [2.24, 2.45) is 0 Å². The number of aromatic nitrogens is 4. The number of fused-ring (bicyclic) bond motifs is 2. The molecule has 0 unspecified atom stereocenters. The first-order chi connectivity index (χ1) is 17.3. The molecule has 5 aromatic rings. The van der Waals surface area contributed by atoms with Gasteiger partial charge in [-0.05, 0) is 42.0 Å². The quantitative estimate of drug-likeness (QED) is 0.372. The van der Waals surface area contributed by atoms with Crippen LogP contribution in [-0.4, -0.2) is 70.7 Å². The van der Waals surface area contributed by atoms with E-state index in [4.69, 9.17) is 14.7 Å². The monoisotopic (exact) mass is 464 g/mol. The van der Waals surface area contributed by atoms with Crippen molar-refractivity contribution in [2.45, 2.75) is 0 Å². The Balaban J connectivity index is 1.23. The van der Waals surface area contributed by atoms with Gasteiger partial charge in [0.05, 0.1) is 24.0 Å². The van der Waals surface area contributed by atoms with E-state index in [0.717, 1.165) is 84.1 Å². The fraction of sp³-hybridized carbons (Fsp3) is 0.250. The number of methoxy groups -OCH3 is 1. The summed E-state index contributed by atoms with van der Waals surface area (Å²) in [5, 5.41) is 1.13. The van der Waals surface area contributed by atoms with Crippen LogP contribution < -0.4 is 4.90 Å². The summed E-state index contributed by atoms with van der Waals surface area (Å²) in [4.78, 5) is 18.8. The summed E-state index contributed by atoms with van der Waals surface area (Å²) in [5.41, 5.74) is 6.28. The summed E-state index contributed by atoms with van der Waals surface area (Å²) in [6.07, 6.45) is 7.83. The van der Waals surface area contributed by atoms with Crippen LogP contribution in [0.1, 0.15) is 0 Å². The minimum absolute atomic E-state index is 0.786. The Morgan fingerprint density at radius 2 is 1.77 bits per heavy atom. The molecule has 0 saturated carbocycles. The van der Waals surface area contributed by atoms with Gasteiger partial charge in [-0.3, -0.25) is 14.3 Å². The molecule has 7 nitrogen and oxygen atoms in total. The smallest absolute Gasteiger partial charge is 0.137 e. The molecule has 1 aliphatic rings. The predicted molar refractivity (Wildman–Crippen MR) is 140 cm³/mol. The van der Waals surface area contributed by atoms with Gasteiger partial charge in [0.25, 0.3) is 0 Å². The molecule has 1 aromatic carbocycles. The highest BCUT2D eigenvalue weighted by Gasteiger charge is 2.18. The lowest BCUT2D eigenvalue weighted by Gasteiger charge is -2.35. The van der Waals surface area contributed by atoms with Crippen LogP contribution in [0.15, 0.2) is 79.4 Å². The summed E-state index contributed by atoms with van der Waals surface area (Å²) < 4.78 is 7.34. The summed E-state index contributed by atoms with van der Waals surface area (Å²) in [6, 6.07) is 18.8. The molecule has 0 aliphatic carbocycles. The Morgan fingerprint density at radius 3 is 2.60 bits per heavy atom. The van der Waals surface area contributed by atoms with E-state index in [0.29, 0.717) is 0 Å². The van der Waals surface area contributed by atoms with E-state index in [2.05, 4.69) is 61.8 Å². The molecule has 5 heterocycles. The number of hydrogen-bond acceptors (Lipinski definition) is 6. The van der Waals surface area contributed by atoms with Crippen LogP contribution in [0.5, 0.6) is 0 Å². The van der Waals surface area contributed by atoms with Gasteiger partial charge in [0.2, 0.25) is 0 Å². The van der Waals surface area contributed by atoms with Gasteiger partial charge in [0, 0.05) is 74.9 Å². The average Bonchev–Trinajstić information content (AvgIpc) is 3.35. The number of ether oxygens (including phenoxy) is 1. The van der Waals surface area contributed by atoms with E-state index < -0.39 is 0 Å². The number of piperazine rings is 1. The largest absolute Gasteiger partial charge is 0.383 e. The van der Waals surface area contributed by atoms with Crippen molar-refractivity contribution in [3.63, 3.8) is 0 Å². The SMILES string of the molecule is COCCN1CCN(c2ccc(-c3ccn4c(-c5cccc6ncccc56)cnc4c3)cn2)CC1. The average molecular weight is 465 g/mol. The molecule has 4 aromatic heterocycles. The molecule has 35 heavy (non-hydrogen) atoms. The summed E-state index contributed by atoms with van der Waals surface area (Å²) in [7, 11) is 1.76. The van der Waals surface area contributed by atoms with E-state index in [1.165, 1.54) is 0 Å². The van der Waals surface area contributed by atoms with Gasteiger partial charge in [-0.1, -0.05) is 18.2 Å². The van der Waals surface area contributed by atoms with Crippen molar-refractivity contribution in [1.29, 1.82) is 0 Å². The van der Waals surface area contributed by atoms with Crippen molar-refractivity contribution < 1.29 is 4.74 Å². The minimum Gasteiger partial charge on any atom is -0.383 e. The molecular formula is C28H28N6O. The highest BCUT2D eigenvalue weighted by molar-refractivity contribution is 5.94. The Morgan fingerprint density at radius 1 is 0.857 bits per heavy atom. The third-order valence-electron chi connectivity index (χ3n) is 6.82. The van der Waals surface area contributed by atoms with Crippen LogP contribution in [0.4, 0.5) is 5.82 Å². The summed E-state index contributed by atoms with van der Waals surface area (Å²) in [6.45, 7) is 5.84. The lowest BCUT2D eigenvalue weighted by Crippen LogP contribution is -2.47. The van der Waals surface area contributed by atoms with E-state index in [1.54, 1.807) is 7.11 Å². The molecule has 176 valence electrons. The molecular weight excluding hydrogens is 436 g/mol. The van der Waals surface area contributed by atoms with Crippen molar-refractivity contribution in [3.05, 3.63) is 79.4 Å². The lowest BCUT2D eigenvalue weighted by molar-refractivity contribution is 0.144. The second kappa shape index (κ2) is 9.44. The standard InChI is InChI=1S/C28H28N6O/c1-35-17-16-32-12-14-33(15-13-32)27-8-7-22(19-30-27)21-9-11-34-26(20-31-28(34)18-21)24-4-2-6-25-23(24)5-3-10-29-25/h2-11,18-20H,12-17H2,1H3. The normalized spacial score (nSPS) is 14.7. The van der Waals surface area contributed by atoms with Crippen molar-refractivity contribution in [2.75, 3.05) is 51.3 Å². The van der Waals surface area contributed by atoms with Gasteiger partial charge < -0.3 is 9.64 Å². The maximum Gasteiger partial charge on any atom is 0.137 e. The van der Waals surface area contributed by atoms with Gasteiger partial charge in [-0.15, -0.1) is 0 Å². The highest BCUT2D eigenvalue weighted by Crippen LogP contribution is 2.30. The number of anilines is 1. The first-order valence-electron chi connectivity index (χ1n) is 12.0. The second-order valence-electron chi connectivity index (χ2n) is 8.89. The Labute approximate surface area is 204 Å². The molecule has 0 N–H and O–H groups in total. The zero-order valence-corrected chi connectivity index (χ0v) is 19.8. The van der Waals surface area contributed by atoms with Gasteiger partial charge in [-0.2, -0.15) is 0 Å². The van der Waals surface area contributed by atoms with E-state index in [1.807, 2.05) is 36.8 Å². The number of hydrogen-bond donors (Lipinski definition) is 0. The third kappa shape index (κ3) is 4.24. The Hall–Kier alpha value is -3.81. The van der Waals surface area contributed by atoms with Gasteiger partial charge in [0.15, 0.2) is 0 Å². The molecule has 0 amide bonds. The van der Waals surface area contributed by atoms with Crippen LogP contribution in [0, 0.1) is 0 Å². The number of imidazole rings is 1. The number of pyridine rings is 3. The number of rotatable bonds is 6. The molecule has 6 rings (SSSR count). The van der Waals surface area contributed by atoms with Crippen LogP contribution >= 0.6 is 0 Å². The maximum absolute atomic E-state index is 5.20. The first-order valence-corrected chi connectivity index (χ1v) is 12.0. The van der Waals surface area contributed by atoms with Crippen LogP contribution in [0.25, 0.3) is 38.9 Å². The molecule has 0 atom stereocenters. The van der Waals surface area contributed by atoms with Crippen LogP contribution in [0.2, 0.25) is 0 Å². The molecule has 1 fully saturated rings. The lowest BCUT2D eigenvalue weighted by atomic mass is 10.1. The fourth-order valence-corrected chi connectivity index (χ4v) is 4.85. The van der Waals surface area contributed by atoms with Crippen molar-refractivity contribution >= 4 is 22.4 Å². The molecule has 0 radical (unpaired) electrons. The van der Waals surface area contributed by atoms with Gasteiger partial charge in [-0.25, -0.2) is 9.97 Å². The zero-order valence-electron chi connectivity index (χ0n) is 19.8. The van der Waals surface area contributed by atoms with E-state index >= 15 is 0 Å². The second-order valence-corrected chi connectivity index (χ2v) is 8.89. The van der Waals surface area contributed by atoms with Crippen molar-refractivity contribution in [3.8, 4) is 22.4 Å². The Bertz CT molecular complexity index is 1450.